The smallest absolute Gasteiger partial charge is 0.272 e. The summed E-state index contributed by atoms with van der Waals surface area (Å²) in [6.45, 7) is 5.02. The van der Waals surface area contributed by atoms with Gasteiger partial charge in [0.05, 0.1) is 11.6 Å². The number of amides is 1. The molecule has 24 heavy (non-hydrogen) atoms. The zero-order valence-electron chi connectivity index (χ0n) is 14.5. The molecule has 0 saturated carbocycles. The van der Waals surface area contributed by atoms with Crippen LogP contribution in [0.5, 0.6) is 0 Å². The van der Waals surface area contributed by atoms with Crippen LogP contribution in [-0.2, 0) is 4.74 Å². The van der Waals surface area contributed by atoms with Crippen LogP contribution >= 0.6 is 0 Å². The van der Waals surface area contributed by atoms with Crippen LogP contribution < -0.4 is 5.32 Å². The largest absolute Gasteiger partial charge is 0.382 e. The van der Waals surface area contributed by atoms with Crippen LogP contribution in [0.4, 0.5) is 0 Å². The average Bonchev–Trinajstić information content (AvgIpc) is 3.18. The van der Waals surface area contributed by atoms with E-state index in [4.69, 9.17) is 9.72 Å². The highest BCUT2D eigenvalue weighted by Gasteiger charge is 2.28. The molecule has 0 spiro atoms. The molecule has 6 nitrogen and oxygen atoms in total. The van der Waals surface area contributed by atoms with Crippen molar-refractivity contribution in [1.29, 1.82) is 0 Å². The molecule has 1 fully saturated rings. The molecule has 3 heterocycles. The van der Waals surface area contributed by atoms with Crippen LogP contribution in [0.15, 0.2) is 24.4 Å². The van der Waals surface area contributed by atoms with E-state index in [9.17, 15) is 4.79 Å². The number of nitrogens with one attached hydrogen (secondary N) is 1. The SMILES string of the molecule is CCOCCCNC(=O)c1nc([C@H]2CCCN2C)n2ccccc12. The van der Waals surface area contributed by atoms with E-state index in [0.717, 1.165) is 30.7 Å². The highest BCUT2D eigenvalue weighted by molar-refractivity contribution is 5.99. The maximum atomic E-state index is 12.6. The highest BCUT2D eigenvalue weighted by atomic mass is 16.5. The third kappa shape index (κ3) is 3.44. The Morgan fingerprint density at radius 3 is 3.08 bits per heavy atom. The molecule has 1 N–H and O–H groups in total. The molecular formula is C18H26N4O2. The zero-order chi connectivity index (χ0) is 16.9. The quantitative estimate of drug-likeness (QED) is 0.791. The van der Waals surface area contributed by atoms with Crippen LogP contribution in [0.2, 0.25) is 0 Å². The lowest BCUT2D eigenvalue weighted by Gasteiger charge is -2.17. The van der Waals surface area contributed by atoms with E-state index in [0.29, 0.717) is 25.5 Å². The molecule has 3 rings (SSSR count). The fraction of sp³-hybridized carbons (Fsp3) is 0.556. The van der Waals surface area contributed by atoms with Crippen molar-refractivity contribution in [2.24, 2.45) is 0 Å². The number of carbonyl (C=O) groups is 1. The van der Waals surface area contributed by atoms with E-state index in [1.54, 1.807) is 0 Å². The number of ether oxygens (including phenoxy) is 1. The molecule has 1 aliphatic rings. The number of aromatic nitrogens is 2. The van der Waals surface area contributed by atoms with Crippen molar-refractivity contribution >= 4 is 11.4 Å². The molecule has 0 aromatic carbocycles. The van der Waals surface area contributed by atoms with Crippen molar-refractivity contribution in [3.8, 4) is 0 Å². The topological polar surface area (TPSA) is 58.9 Å². The Morgan fingerprint density at radius 2 is 2.33 bits per heavy atom. The number of hydrogen-bond donors (Lipinski definition) is 1. The Balaban J connectivity index is 1.79. The van der Waals surface area contributed by atoms with E-state index < -0.39 is 0 Å². The molecular weight excluding hydrogens is 304 g/mol. The van der Waals surface area contributed by atoms with Gasteiger partial charge in [-0.15, -0.1) is 0 Å². The Kier molecular flexibility index (Phi) is 5.48. The molecule has 0 radical (unpaired) electrons. The molecule has 1 aliphatic heterocycles. The predicted molar refractivity (Wildman–Crippen MR) is 93.2 cm³/mol. The maximum Gasteiger partial charge on any atom is 0.272 e. The molecule has 0 aliphatic carbocycles. The molecule has 1 atom stereocenters. The molecule has 2 aromatic heterocycles. The zero-order valence-corrected chi connectivity index (χ0v) is 14.5. The van der Waals surface area contributed by atoms with Gasteiger partial charge in [-0.05, 0) is 51.9 Å². The van der Waals surface area contributed by atoms with Gasteiger partial charge in [0.25, 0.3) is 5.91 Å². The van der Waals surface area contributed by atoms with Gasteiger partial charge in [0, 0.05) is 26.0 Å². The van der Waals surface area contributed by atoms with Gasteiger partial charge in [-0.2, -0.15) is 0 Å². The number of rotatable bonds is 7. The number of nitrogens with zero attached hydrogens (tertiary/aromatic N) is 3. The fourth-order valence-corrected chi connectivity index (χ4v) is 3.30. The standard InChI is InChI=1S/C18H26N4O2/c1-3-24-13-7-10-19-18(23)16-14-8-4-5-12-22(14)17(20-16)15-9-6-11-21(15)2/h4-5,8,12,15H,3,6-7,9-11,13H2,1-2H3,(H,19,23)/t15-/m1/s1. The van der Waals surface area contributed by atoms with Gasteiger partial charge in [-0.3, -0.25) is 9.69 Å². The van der Waals surface area contributed by atoms with Crippen LogP contribution in [-0.4, -0.2) is 53.5 Å². The Bertz CT molecular complexity index is 697. The van der Waals surface area contributed by atoms with Gasteiger partial charge >= 0.3 is 0 Å². The first kappa shape index (κ1) is 16.9. The monoisotopic (exact) mass is 330 g/mol. The van der Waals surface area contributed by atoms with Crippen molar-refractivity contribution in [1.82, 2.24) is 19.6 Å². The highest BCUT2D eigenvalue weighted by Crippen LogP contribution is 2.30. The summed E-state index contributed by atoms with van der Waals surface area (Å²) in [4.78, 5) is 19.6. The third-order valence-electron chi connectivity index (χ3n) is 4.56. The number of carbonyl (C=O) groups excluding carboxylic acids is 1. The lowest BCUT2D eigenvalue weighted by Crippen LogP contribution is -2.26. The van der Waals surface area contributed by atoms with Crippen LogP contribution in [0.25, 0.3) is 5.52 Å². The van der Waals surface area contributed by atoms with E-state index in [1.165, 1.54) is 6.42 Å². The molecule has 1 amide bonds. The number of likely N-dealkylation sites (tertiary alicyclic amines) is 1. The number of hydrogen-bond acceptors (Lipinski definition) is 4. The Labute approximate surface area is 142 Å². The van der Waals surface area contributed by atoms with Gasteiger partial charge < -0.3 is 14.5 Å². The van der Waals surface area contributed by atoms with Crippen LogP contribution in [0.3, 0.4) is 0 Å². The van der Waals surface area contributed by atoms with Gasteiger partial charge in [-0.1, -0.05) is 6.07 Å². The van der Waals surface area contributed by atoms with E-state index in [1.807, 2.05) is 31.3 Å². The van der Waals surface area contributed by atoms with Gasteiger partial charge in [0.2, 0.25) is 0 Å². The summed E-state index contributed by atoms with van der Waals surface area (Å²) in [6, 6.07) is 6.17. The van der Waals surface area contributed by atoms with Crippen molar-refractivity contribution in [3.05, 3.63) is 35.9 Å². The summed E-state index contributed by atoms with van der Waals surface area (Å²) in [5, 5.41) is 2.96. The summed E-state index contributed by atoms with van der Waals surface area (Å²) in [6.07, 6.45) is 5.06. The van der Waals surface area contributed by atoms with Crippen molar-refractivity contribution in [2.45, 2.75) is 32.2 Å². The van der Waals surface area contributed by atoms with Gasteiger partial charge in [-0.25, -0.2) is 4.98 Å². The maximum absolute atomic E-state index is 12.6. The Morgan fingerprint density at radius 1 is 1.46 bits per heavy atom. The minimum absolute atomic E-state index is 0.109. The summed E-state index contributed by atoms with van der Waals surface area (Å²) >= 11 is 0. The lowest BCUT2D eigenvalue weighted by molar-refractivity contribution is 0.0941. The first-order valence-electron chi connectivity index (χ1n) is 8.75. The summed E-state index contributed by atoms with van der Waals surface area (Å²) < 4.78 is 7.36. The lowest BCUT2D eigenvalue weighted by atomic mass is 10.2. The third-order valence-corrected chi connectivity index (χ3v) is 4.56. The van der Waals surface area contributed by atoms with E-state index in [-0.39, 0.29) is 11.9 Å². The number of imidazole rings is 1. The summed E-state index contributed by atoms with van der Waals surface area (Å²) in [7, 11) is 2.12. The van der Waals surface area contributed by atoms with Crippen LogP contribution in [0, 0.1) is 0 Å². The average molecular weight is 330 g/mol. The van der Waals surface area contributed by atoms with Gasteiger partial charge in [0.1, 0.15) is 5.82 Å². The Hall–Kier alpha value is -1.92. The first-order valence-corrected chi connectivity index (χ1v) is 8.75. The first-order chi connectivity index (χ1) is 11.7. The van der Waals surface area contributed by atoms with Crippen molar-refractivity contribution in [2.75, 3.05) is 33.4 Å². The number of fused-ring (bicyclic) bond motifs is 1. The molecule has 1 saturated heterocycles. The van der Waals surface area contributed by atoms with Crippen molar-refractivity contribution < 1.29 is 9.53 Å². The molecule has 6 heteroatoms. The second-order valence-corrected chi connectivity index (χ2v) is 6.22. The number of pyridine rings is 1. The second kappa shape index (κ2) is 7.77. The summed E-state index contributed by atoms with van der Waals surface area (Å²) in [5.41, 5.74) is 1.39. The molecule has 0 unspecified atom stereocenters. The van der Waals surface area contributed by atoms with Crippen LogP contribution in [0.1, 0.15) is 48.5 Å². The van der Waals surface area contributed by atoms with E-state index in [2.05, 4.69) is 21.7 Å². The van der Waals surface area contributed by atoms with E-state index >= 15 is 0 Å². The van der Waals surface area contributed by atoms with Gasteiger partial charge in [0.15, 0.2) is 5.69 Å². The normalized spacial score (nSPS) is 18.3. The summed E-state index contributed by atoms with van der Waals surface area (Å²) in [5.74, 6) is 0.854. The fourth-order valence-electron chi connectivity index (χ4n) is 3.30. The van der Waals surface area contributed by atoms with Crippen molar-refractivity contribution in [3.63, 3.8) is 0 Å². The molecule has 130 valence electrons. The molecule has 2 aromatic rings. The molecule has 0 bridgehead atoms. The predicted octanol–water partition coefficient (Wildman–Crippen LogP) is 2.26. The minimum Gasteiger partial charge on any atom is -0.382 e. The second-order valence-electron chi connectivity index (χ2n) is 6.22. The minimum atomic E-state index is -0.109.